The fourth-order valence-corrected chi connectivity index (χ4v) is 1.99. The molecule has 19 heavy (non-hydrogen) atoms. The summed E-state index contributed by atoms with van der Waals surface area (Å²) in [5.74, 6) is 0. The van der Waals surface area contributed by atoms with Crippen LogP contribution in [0.15, 0.2) is 30.9 Å². The molecule has 0 radical (unpaired) electrons. The first-order valence-electron chi connectivity index (χ1n) is 6.27. The van der Waals surface area contributed by atoms with Gasteiger partial charge in [-0.1, -0.05) is 5.21 Å². The number of rotatable bonds is 5. The normalized spacial score (nSPS) is 11.0. The van der Waals surface area contributed by atoms with Crippen LogP contribution in [0.5, 0.6) is 0 Å². The quantitative estimate of drug-likeness (QED) is 0.743. The van der Waals surface area contributed by atoms with Crippen LogP contribution >= 0.6 is 0 Å². The maximum atomic E-state index is 4.23. The second-order valence-corrected chi connectivity index (χ2v) is 4.26. The molecule has 3 heterocycles. The monoisotopic (exact) mass is 257 g/mol. The van der Waals surface area contributed by atoms with E-state index in [1.807, 2.05) is 34.0 Å². The summed E-state index contributed by atoms with van der Waals surface area (Å²) in [6.07, 6.45) is 8.33. The summed E-state index contributed by atoms with van der Waals surface area (Å²) in [5.41, 5.74) is 3.01. The van der Waals surface area contributed by atoms with Crippen LogP contribution in [0.2, 0.25) is 0 Å². The van der Waals surface area contributed by atoms with Gasteiger partial charge in [0.05, 0.1) is 18.1 Å². The third-order valence-electron chi connectivity index (χ3n) is 3.00. The van der Waals surface area contributed by atoms with E-state index >= 15 is 0 Å². The highest BCUT2D eigenvalue weighted by Crippen LogP contribution is 2.15. The number of aromatic amines is 1. The standard InChI is InChI=1S/C12H15N7/c1-2-19-12(3-5-15-19)11-9-18(17-16-11)6-4-10-7-13-14-8-10/h3,5,7-9H,2,4,6H2,1H3,(H,13,14). The zero-order valence-electron chi connectivity index (χ0n) is 10.7. The molecule has 0 aromatic carbocycles. The van der Waals surface area contributed by atoms with Crippen molar-refractivity contribution in [2.45, 2.75) is 26.4 Å². The largest absolute Gasteiger partial charge is 0.285 e. The molecule has 0 saturated carbocycles. The summed E-state index contributed by atoms with van der Waals surface area (Å²) < 4.78 is 3.75. The lowest BCUT2D eigenvalue weighted by molar-refractivity contribution is 0.589. The Balaban J connectivity index is 1.72. The summed E-state index contributed by atoms with van der Waals surface area (Å²) in [5, 5.41) is 19.3. The number of aromatic nitrogens is 7. The maximum absolute atomic E-state index is 4.23. The minimum Gasteiger partial charge on any atom is -0.285 e. The summed E-state index contributed by atoms with van der Waals surface area (Å²) in [4.78, 5) is 0. The summed E-state index contributed by atoms with van der Waals surface area (Å²) in [6, 6.07) is 1.95. The van der Waals surface area contributed by atoms with Gasteiger partial charge in [0, 0.05) is 25.5 Å². The highest BCUT2D eigenvalue weighted by Gasteiger charge is 2.08. The van der Waals surface area contributed by atoms with Gasteiger partial charge in [0.15, 0.2) is 0 Å². The van der Waals surface area contributed by atoms with Crippen molar-refractivity contribution in [1.29, 1.82) is 0 Å². The van der Waals surface area contributed by atoms with Crippen LogP contribution in [0.3, 0.4) is 0 Å². The highest BCUT2D eigenvalue weighted by molar-refractivity contribution is 5.51. The molecule has 1 N–H and O–H groups in total. The van der Waals surface area contributed by atoms with E-state index in [1.165, 1.54) is 0 Å². The molecular formula is C12H15N7. The lowest BCUT2D eigenvalue weighted by Crippen LogP contribution is -2.01. The predicted octanol–water partition coefficient (Wildman–Crippen LogP) is 1.13. The Hall–Kier alpha value is -2.44. The number of hydrogen-bond donors (Lipinski definition) is 1. The number of H-pyrrole nitrogens is 1. The average molecular weight is 257 g/mol. The Morgan fingerprint density at radius 3 is 3.11 bits per heavy atom. The number of hydrogen-bond acceptors (Lipinski definition) is 4. The number of nitrogens with zero attached hydrogens (tertiary/aromatic N) is 6. The molecule has 3 aromatic heterocycles. The van der Waals surface area contributed by atoms with Crippen LogP contribution in [0, 0.1) is 0 Å². The van der Waals surface area contributed by atoms with E-state index in [9.17, 15) is 0 Å². The van der Waals surface area contributed by atoms with Crippen molar-refractivity contribution in [2.75, 3.05) is 0 Å². The Morgan fingerprint density at radius 2 is 2.32 bits per heavy atom. The smallest absolute Gasteiger partial charge is 0.131 e. The molecule has 98 valence electrons. The van der Waals surface area contributed by atoms with Crippen LogP contribution in [0.4, 0.5) is 0 Å². The molecular weight excluding hydrogens is 242 g/mol. The Kier molecular flexibility index (Phi) is 3.09. The first-order valence-corrected chi connectivity index (χ1v) is 6.27. The van der Waals surface area contributed by atoms with Crippen molar-refractivity contribution in [1.82, 2.24) is 35.0 Å². The van der Waals surface area contributed by atoms with Crippen LogP contribution in [0.1, 0.15) is 12.5 Å². The molecule has 0 saturated heterocycles. The van der Waals surface area contributed by atoms with Crippen LogP contribution in [-0.4, -0.2) is 35.0 Å². The van der Waals surface area contributed by atoms with Gasteiger partial charge < -0.3 is 0 Å². The Morgan fingerprint density at radius 1 is 1.37 bits per heavy atom. The van der Waals surface area contributed by atoms with Gasteiger partial charge in [0.25, 0.3) is 0 Å². The van der Waals surface area contributed by atoms with Gasteiger partial charge >= 0.3 is 0 Å². The molecule has 0 amide bonds. The summed E-state index contributed by atoms with van der Waals surface area (Å²) in [6.45, 7) is 3.66. The maximum Gasteiger partial charge on any atom is 0.131 e. The third kappa shape index (κ3) is 2.40. The van der Waals surface area contributed by atoms with Crippen LogP contribution in [0.25, 0.3) is 11.4 Å². The van der Waals surface area contributed by atoms with E-state index < -0.39 is 0 Å². The predicted molar refractivity (Wildman–Crippen MR) is 69.2 cm³/mol. The van der Waals surface area contributed by atoms with E-state index in [1.54, 1.807) is 6.20 Å². The molecule has 0 aliphatic heterocycles. The molecule has 0 unspecified atom stereocenters. The third-order valence-corrected chi connectivity index (χ3v) is 3.00. The molecule has 0 bridgehead atoms. The van der Waals surface area contributed by atoms with E-state index in [0.29, 0.717) is 0 Å². The van der Waals surface area contributed by atoms with E-state index in [2.05, 4.69) is 32.5 Å². The fourth-order valence-electron chi connectivity index (χ4n) is 1.99. The Bertz CT molecular complexity index is 635. The van der Waals surface area contributed by atoms with Crippen molar-refractivity contribution >= 4 is 0 Å². The molecule has 0 aliphatic rings. The zero-order valence-corrected chi connectivity index (χ0v) is 10.7. The van der Waals surface area contributed by atoms with Gasteiger partial charge in [0.1, 0.15) is 5.69 Å². The lowest BCUT2D eigenvalue weighted by atomic mass is 10.2. The zero-order chi connectivity index (χ0) is 13.1. The SMILES string of the molecule is CCn1nccc1-c1cn(CCc2cn[nH]c2)nn1. The van der Waals surface area contributed by atoms with Crippen LogP contribution in [-0.2, 0) is 19.5 Å². The first kappa shape index (κ1) is 11.6. The lowest BCUT2D eigenvalue weighted by Gasteiger charge is -2.00. The van der Waals surface area contributed by atoms with Crippen molar-refractivity contribution in [3.05, 3.63) is 36.4 Å². The second kappa shape index (κ2) is 5.05. The number of nitrogens with one attached hydrogen (secondary N) is 1. The van der Waals surface area contributed by atoms with E-state index in [4.69, 9.17) is 0 Å². The number of aryl methyl sites for hydroxylation is 3. The first-order chi connectivity index (χ1) is 9.36. The van der Waals surface area contributed by atoms with Gasteiger partial charge in [-0.2, -0.15) is 10.2 Å². The second-order valence-electron chi connectivity index (χ2n) is 4.26. The summed E-state index contributed by atoms with van der Waals surface area (Å²) >= 11 is 0. The minimum atomic E-state index is 0.785. The summed E-state index contributed by atoms with van der Waals surface area (Å²) in [7, 11) is 0. The van der Waals surface area contributed by atoms with Gasteiger partial charge in [-0.05, 0) is 25.0 Å². The molecule has 0 atom stereocenters. The van der Waals surface area contributed by atoms with Crippen molar-refractivity contribution in [3.8, 4) is 11.4 Å². The molecule has 3 rings (SSSR count). The molecule has 0 fully saturated rings. The van der Waals surface area contributed by atoms with Crippen molar-refractivity contribution in [2.24, 2.45) is 0 Å². The van der Waals surface area contributed by atoms with Crippen LogP contribution < -0.4 is 0 Å². The van der Waals surface area contributed by atoms with Gasteiger partial charge in [-0.15, -0.1) is 5.10 Å². The minimum absolute atomic E-state index is 0.785. The molecule has 0 aliphatic carbocycles. The topological polar surface area (TPSA) is 77.2 Å². The van der Waals surface area contributed by atoms with Gasteiger partial charge in [-0.25, -0.2) is 0 Å². The molecule has 7 nitrogen and oxygen atoms in total. The molecule has 3 aromatic rings. The van der Waals surface area contributed by atoms with Gasteiger partial charge in [-0.3, -0.25) is 14.5 Å². The molecule has 0 spiro atoms. The highest BCUT2D eigenvalue weighted by atomic mass is 15.4. The van der Waals surface area contributed by atoms with E-state index in [-0.39, 0.29) is 0 Å². The van der Waals surface area contributed by atoms with Crippen molar-refractivity contribution < 1.29 is 0 Å². The fraction of sp³-hybridized carbons (Fsp3) is 0.333. The Labute approximate surface area is 110 Å². The molecule has 7 heteroatoms. The van der Waals surface area contributed by atoms with E-state index in [0.717, 1.165) is 36.5 Å². The average Bonchev–Trinajstić information content (AvgIpc) is 3.16. The van der Waals surface area contributed by atoms with Gasteiger partial charge in [0.2, 0.25) is 0 Å². The van der Waals surface area contributed by atoms with Crippen molar-refractivity contribution in [3.63, 3.8) is 0 Å².